The minimum absolute atomic E-state index is 0. The largest absolute Gasteiger partial charge is 0.399 e. The lowest BCUT2D eigenvalue weighted by atomic mass is 10.3. The van der Waals surface area contributed by atoms with Crippen molar-refractivity contribution in [3.8, 4) is 0 Å². The van der Waals surface area contributed by atoms with E-state index in [1.165, 1.54) is 4.31 Å². The van der Waals surface area contributed by atoms with Gasteiger partial charge >= 0.3 is 0 Å². The molecule has 0 radical (unpaired) electrons. The molecule has 2 rings (SSSR count). The summed E-state index contributed by atoms with van der Waals surface area (Å²) >= 11 is 0. The quantitative estimate of drug-likeness (QED) is 0.761. The average molecular weight is 249 g/mol. The highest BCUT2D eigenvalue weighted by atomic mass is 35.5. The summed E-state index contributed by atoms with van der Waals surface area (Å²) in [5.41, 5.74) is 6.87. The molecule has 0 bridgehead atoms. The first kappa shape index (κ1) is 12.1. The molecule has 4 nitrogen and oxygen atoms in total. The predicted molar refractivity (Wildman–Crippen MR) is 63.9 cm³/mol. The Hall–Kier alpha value is -0.940. The molecule has 0 atom stereocenters. The lowest BCUT2D eigenvalue weighted by Gasteiger charge is -2.16. The molecule has 1 heterocycles. The molecule has 2 N–H and O–H groups in total. The monoisotopic (exact) mass is 248 g/mol. The van der Waals surface area contributed by atoms with E-state index in [4.69, 9.17) is 5.73 Å². The maximum absolute atomic E-state index is 11.5. The minimum atomic E-state index is -3.06. The number of anilines is 2. The van der Waals surface area contributed by atoms with Crippen molar-refractivity contribution in [3.05, 3.63) is 24.3 Å². The molecule has 1 saturated heterocycles. The van der Waals surface area contributed by atoms with Crippen molar-refractivity contribution in [3.63, 3.8) is 0 Å². The summed E-state index contributed by atoms with van der Waals surface area (Å²) < 4.78 is 24.5. The summed E-state index contributed by atoms with van der Waals surface area (Å²) in [7, 11) is -3.06. The van der Waals surface area contributed by atoms with Gasteiger partial charge in [0.15, 0.2) is 0 Å². The Morgan fingerprint density at radius 1 is 1.20 bits per heavy atom. The number of hydrogen-bond donors (Lipinski definition) is 1. The van der Waals surface area contributed by atoms with E-state index in [1.807, 2.05) is 0 Å². The van der Waals surface area contributed by atoms with Crippen molar-refractivity contribution >= 4 is 33.8 Å². The topological polar surface area (TPSA) is 63.4 Å². The zero-order valence-electron chi connectivity index (χ0n) is 8.09. The van der Waals surface area contributed by atoms with E-state index in [0.717, 1.165) is 0 Å². The molecule has 1 aromatic rings. The number of nitrogens with zero attached hydrogens (tertiary/aromatic N) is 1. The molecule has 0 unspecified atom stereocenters. The van der Waals surface area contributed by atoms with Crippen molar-refractivity contribution in [2.75, 3.05) is 22.3 Å². The number of hydrogen-bond acceptors (Lipinski definition) is 3. The van der Waals surface area contributed by atoms with Crippen LogP contribution in [-0.2, 0) is 10.0 Å². The van der Waals surface area contributed by atoms with Crippen molar-refractivity contribution in [1.29, 1.82) is 0 Å². The highest BCUT2D eigenvalue weighted by molar-refractivity contribution is 7.93. The Kier molecular flexibility index (Phi) is 3.46. The predicted octanol–water partition coefficient (Wildman–Crippen LogP) is 1.23. The summed E-state index contributed by atoms with van der Waals surface area (Å²) in [5.74, 6) is 0.247. The highest BCUT2D eigenvalue weighted by Gasteiger charge is 2.27. The van der Waals surface area contributed by atoms with Gasteiger partial charge in [0.05, 0.1) is 11.4 Å². The molecular formula is C9H13ClN2O2S. The van der Waals surface area contributed by atoms with Crippen LogP contribution in [0.15, 0.2) is 24.3 Å². The Bertz CT molecular complexity index is 430. The van der Waals surface area contributed by atoms with Crippen LogP contribution in [0.4, 0.5) is 11.4 Å². The Balaban J connectivity index is 0.00000112. The first-order chi connectivity index (χ1) is 6.59. The summed E-state index contributed by atoms with van der Waals surface area (Å²) in [6.45, 7) is 0.576. The third kappa shape index (κ3) is 2.35. The van der Waals surface area contributed by atoms with Crippen LogP contribution >= 0.6 is 12.4 Å². The van der Waals surface area contributed by atoms with Crippen LogP contribution in [0.1, 0.15) is 6.42 Å². The highest BCUT2D eigenvalue weighted by Crippen LogP contribution is 2.24. The van der Waals surface area contributed by atoms with E-state index >= 15 is 0 Å². The summed E-state index contributed by atoms with van der Waals surface area (Å²) in [4.78, 5) is 0. The molecule has 84 valence electrons. The maximum Gasteiger partial charge on any atom is 0.235 e. The lowest BCUT2D eigenvalue weighted by molar-refractivity contribution is 0.599. The van der Waals surface area contributed by atoms with Gasteiger partial charge in [-0.1, -0.05) is 0 Å². The second kappa shape index (κ2) is 4.28. The number of halogens is 1. The first-order valence-electron chi connectivity index (χ1n) is 4.45. The normalized spacial score (nSPS) is 18.5. The van der Waals surface area contributed by atoms with Gasteiger partial charge in [-0.2, -0.15) is 0 Å². The van der Waals surface area contributed by atoms with Crippen LogP contribution in [0.25, 0.3) is 0 Å². The fraction of sp³-hybridized carbons (Fsp3) is 0.333. The third-order valence-electron chi connectivity index (χ3n) is 2.28. The van der Waals surface area contributed by atoms with E-state index in [-0.39, 0.29) is 18.2 Å². The van der Waals surface area contributed by atoms with Crippen LogP contribution in [0.3, 0.4) is 0 Å². The van der Waals surface area contributed by atoms with E-state index in [0.29, 0.717) is 24.3 Å². The van der Waals surface area contributed by atoms with Gasteiger partial charge in [0, 0.05) is 12.2 Å². The van der Waals surface area contributed by atoms with Crippen LogP contribution in [-0.4, -0.2) is 20.7 Å². The fourth-order valence-corrected chi connectivity index (χ4v) is 3.13. The molecule has 15 heavy (non-hydrogen) atoms. The molecule has 1 aromatic carbocycles. The molecule has 6 heteroatoms. The molecule has 1 aliphatic rings. The Labute approximate surface area is 95.5 Å². The lowest BCUT2D eigenvalue weighted by Crippen LogP contribution is -2.24. The van der Waals surface area contributed by atoms with Gasteiger partial charge in [-0.3, -0.25) is 4.31 Å². The van der Waals surface area contributed by atoms with Crippen LogP contribution in [0.2, 0.25) is 0 Å². The number of nitrogens with two attached hydrogens (primary N) is 1. The van der Waals surface area contributed by atoms with Crippen molar-refractivity contribution in [2.24, 2.45) is 0 Å². The maximum atomic E-state index is 11.5. The van der Waals surface area contributed by atoms with Gasteiger partial charge in [-0.05, 0) is 30.7 Å². The van der Waals surface area contributed by atoms with Gasteiger partial charge < -0.3 is 5.73 Å². The van der Waals surface area contributed by atoms with Gasteiger partial charge in [-0.15, -0.1) is 12.4 Å². The number of rotatable bonds is 1. The first-order valence-corrected chi connectivity index (χ1v) is 6.06. The van der Waals surface area contributed by atoms with Crippen LogP contribution in [0, 0.1) is 0 Å². The minimum Gasteiger partial charge on any atom is -0.399 e. The van der Waals surface area contributed by atoms with E-state index in [2.05, 4.69) is 0 Å². The fourth-order valence-electron chi connectivity index (χ4n) is 1.57. The van der Waals surface area contributed by atoms with Gasteiger partial charge in [-0.25, -0.2) is 8.42 Å². The second-order valence-electron chi connectivity index (χ2n) is 3.33. The third-order valence-corrected chi connectivity index (χ3v) is 4.15. The number of nitrogen functional groups attached to an aromatic ring is 1. The molecule has 0 amide bonds. The average Bonchev–Trinajstić information content (AvgIpc) is 2.47. The second-order valence-corrected chi connectivity index (χ2v) is 5.35. The van der Waals surface area contributed by atoms with Crippen LogP contribution in [0.5, 0.6) is 0 Å². The van der Waals surface area contributed by atoms with Gasteiger partial charge in [0.2, 0.25) is 10.0 Å². The Morgan fingerprint density at radius 2 is 1.80 bits per heavy atom. The van der Waals surface area contributed by atoms with E-state index < -0.39 is 10.0 Å². The van der Waals surface area contributed by atoms with Crippen LogP contribution < -0.4 is 10.0 Å². The van der Waals surface area contributed by atoms with E-state index in [1.54, 1.807) is 24.3 Å². The van der Waals surface area contributed by atoms with Crippen molar-refractivity contribution in [1.82, 2.24) is 0 Å². The smallest absolute Gasteiger partial charge is 0.235 e. The SMILES string of the molecule is Cl.Nc1ccc(N2CCCS2(=O)=O)cc1. The molecule has 0 aromatic heterocycles. The molecule has 1 aliphatic heterocycles. The van der Waals surface area contributed by atoms with Gasteiger partial charge in [0.25, 0.3) is 0 Å². The molecule has 0 spiro atoms. The summed E-state index contributed by atoms with van der Waals surface area (Å²) in [6, 6.07) is 6.89. The number of sulfonamides is 1. The Morgan fingerprint density at radius 3 is 2.27 bits per heavy atom. The van der Waals surface area contributed by atoms with Crippen molar-refractivity contribution in [2.45, 2.75) is 6.42 Å². The van der Waals surface area contributed by atoms with Crippen molar-refractivity contribution < 1.29 is 8.42 Å². The molecule has 1 fully saturated rings. The molecule has 0 aliphatic carbocycles. The summed E-state index contributed by atoms with van der Waals surface area (Å²) in [5, 5.41) is 0. The zero-order chi connectivity index (χ0) is 10.2. The zero-order valence-corrected chi connectivity index (χ0v) is 9.72. The van der Waals surface area contributed by atoms with Gasteiger partial charge in [0.1, 0.15) is 0 Å². The standard InChI is InChI=1S/C9H12N2O2S.ClH/c10-8-2-4-9(5-3-8)11-6-1-7-14(11,12)13;/h2-5H,1,6-7,10H2;1H. The molecular weight excluding hydrogens is 236 g/mol. The van der Waals surface area contributed by atoms with E-state index in [9.17, 15) is 8.42 Å². The molecule has 0 saturated carbocycles. The number of benzene rings is 1. The summed E-state index contributed by atoms with van der Waals surface area (Å²) in [6.07, 6.45) is 0.701.